The molecule has 3 unspecified atom stereocenters. The zero-order chi connectivity index (χ0) is 34.0. The molecule has 1 heterocycles. The highest BCUT2D eigenvalue weighted by atomic mass is 35.5. The molecule has 46 heavy (non-hydrogen) atoms. The Morgan fingerprint density at radius 2 is 1.78 bits per heavy atom. The van der Waals surface area contributed by atoms with Crippen molar-refractivity contribution in [1.82, 2.24) is 21.1 Å². The van der Waals surface area contributed by atoms with Gasteiger partial charge in [-0.3, -0.25) is 19.2 Å². The minimum atomic E-state index is -1.43. The number of halogens is 1. The number of anilines is 1. The number of likely N-dealkylation sites (N-methyl/N-ethyl adjacent to an activating group) is 1. The molecule has 1 aromatic heterocycles. The Kier molecular flexibility index (Phi) is 12.6. The third kappa shape index (κ3) is 9.76. The standard InChI is InChI=1S/C33H37ClN6O6/c1-19(2)13-24(17-35)33(45)40(5)25-11-8-9-22(15-25)16-27(30(42)36-18-23-10-6-7-12-26(23)34)37-32(44)29(21(4)41)38-31(43)28-14-20(3)46-39-28/h6-15,19,21,27,29,41H,16,18H2,1-5H3,(H,36,42)(H,37,44)(H,38,43). The van der Waals surface area contributed by atoms with Crippen LogP contribution in [-0.4, -0.2) is 59.1 Å². The minimum absolute atomic E-state index is 0.000938. The first-order valence-corrected chi connectivity index (χ1v) is 14.9. The molecule has 3 aromatic rings. The fourth-order valence-electron chi connectivity index (χ4n) is 4.43. The zero-order valence-electron chi connectivity index (χ0n) is 26.2. The highest BCUT2D eigenvalue weighted by Crippen LogP contribution is 2.20. The van der Waals surface area contributed by atoms with Crippen LogP contribution in [0.2, 0.25) is 5.02 Å². The minimum Gasteiger partial charge on any atom is -0.391 e. The van der Waals surface area contributed by atoms with Crippen LogP contribution in [0.3, 0.4) is 0 Å². The molecule has 3 rings (SSSR count). The summed E-state index contributed by atoms with van der Waals surface area (Å²) in [5.74, 6) is -2.25. The maximum absolute atomic E-state index is 13.5. The Bertz CT molecular complexity index is 1640. The van der Waals surface area contributed by atoms with Crippen molar-refractivity contribution in [1.29, 1.82) is 5.26 Å². The highest BCUT2D eigenvalue weighted by Gasteiger charge is 2.31. The Hall–Kier alpha value is -4.99. The fourth-order valence-corrected chi connectivity index (χ4v) is 4.63. The first-order chi connectivity index (χ1) is 21.8. The molecule has 0 fully saturated rings. The lowest BCUT2D eigenvalue weighted by molar-refractivity contribution is -0.131. The van der Waals surface area contributed by atoms with E-state index in [0.717, 1.165) is 0 Å². The average molecular weight is 649 g/mol. The second-order valence-electron chi connectivity index (χ2n) is 11.1. The van der Waals surface area contributed by atoms with E-state index < -0.39 is 41.8 Å². The molecule has 0 saturated carbocycles. The van der Waals surface area contributed by atoms with Gasteiger partial charge >= 0.3 is 0 Å². The first kappa shape index (κ1) is 35.5. The number of nitrogens with one attached hydrogen (secondary N) is 3. The van der Waals surface area contributed by atoms with E-state index >= 15 is 0 Å². The summed E-state index contributed by atoms with van der Waals surface area (Å²) in [5.41, 5.74) is 1.62. The monoisotopic (exact) mass is 648 g/mol. The van der Waals surface area contributed by atoms with Crippen molar-refractivity contribution in [3.05, 3.63) is 93.9 Å². The number of hydrogen-bond acceptors (Lipinski definition) is 8. The van der Waals surface area contributed by atoms with Gasteiger partial charge in [-0.2, -0.15) is 5.26 Å². The van der Waals surface area contributed by atoms with E-state index in [9.17, 15) is 29.5 Å². The number of nitriles is 1. The summed E-state index contributed by atoms with van der Waals surface area (Å²) >= 11 is 6.25. The Morgan fingerprint density at radius 1 is 1.07 bits per heavy atom. The van der Waals surface area contributed by atoms with E-state index in [1.165, 1.54) is 24.9 Å². The fraction of sp³-hybridized carbons (Fsp3) is 0.333. The van der Waals surface area contributed by atoms with Crippen molar-refractivity contribution in [2.75, 3.05) is 11.9 Å². The quantitative estimate of drug-likeness (QED) is 0.161. The summed E-state index contributed by atoms with van der Waals surface area (Å²) in [7, 11) is 1.54. The van der Waals surface area contributed by atoms with Crippen LogP contribution in [0.15, 0.2) is 70.8 Å². The smallest absolute Gasteiger partial charge is 0.274 e. The first-order valence-electron chi connectivity index (χ1n) is 14.5. The Morgan fingerprint density at radius 3 is 2.39 bits per heavy atom. The van der Waals surface area contributed by atoms with E-state index in [4.69, 9.17) is 16.1 Å². The number of carbonyl (C=O) groups is 4. The molecule has 4 N–H and O–H groups in total. The van der Waals surface area contributed by atoms with Crippen LogP contribution in [0.1, 0.15) is 48.1 Å². The number of aliphatic hydroxyl groups excluding tert-OH is 1. The molecule has 4 amide bonds. The van der Waals surface area contributed by atoms with E-state index in [2.05, 4.69) is 21.1 Å². The van der Waals surface area contributed by atoms with E-state index in [-0.39, 0.29) is 30.2 Å². The van der Waals surface area contributed by atoms with Crippen molar-refractivity contribution in [3.8, 4) is 6.07 Å². The molecule has 0 bridgehead atoms. The molecule has 0 aliphatic rings. The van der Waals surface area contributed by atoms with Crippen molar-refractivity contribution >= 4 is 40.9 Å². The summed E-state index contributed by atoms with van der Waals surface area (Å²) in [5, 5.41) is 31.8. The van der Waals surface area contributed by atoms with Gasteiger partial charge in [-0.25, -0.2) is 0 Å². The second-order valence-corrected chi connectivity index (χ2v) is 11.5. The summed E-state index contributed by atoms with van der Waals surface area (Å²) in [6, 6.07) is 14.4. The number of rotatable bonds is 13. The molecule has 13 heteroatoms. The highest BCUT2D eigenvalue weighted by molar-refractivity contribution is 6.31. The van der Waals surface area contributed by atoms with Crippen molar-refractivity contribution in [3.63, 3.8) is 0 Å². The molecule has 0 saturated heterocycles. The number of aromatic nitrogens is 1. The summed E-state index contributed by atoms with van der Waals surface area (Å²) < 4.78 is 4.92. The van der Waals surface area contributed by atoms with E-state index in [1.807, 2.05) is 19.9 Å². The van der Waals surface area contributed by atoms with Crippen LogP contribution < -0.4 is 20.9 Å². The number of hydrogen-bond donors (Lipinski definition) is 4. The van der Waals surface area contributed by atoms with Gasteiger partial charge in [0.25, 0.3) is 11.8 Å². The Balaban J connectivity index is 1.87. The number of carbonyl (C=O) groups excluding carboxylic acids is 4. The summed E-state index contributed by atoms with van der Waals surface area (Å²) in [4.78, 5) is 54.0. The zero-order valence-corrected chi connectivity index (χ0v) is 27.0. The molecule has 0 radical (unpaired) electrons. The Labute approximate surface area is 272 Å². The lowest BCUT2D eigenvalue weighted by atomic mass is 10.0. The maximum atomic E-state index is 13.5. The molecule has 0 aliphatic heterocycles. The molecule has 242 valence electrons. The molecule has 0 aliphatic carbocycles. The SMILES string of the molecule is Cc1cc(C(=O)NC(C(=O)NC(Cc2cccc(N(C)C(=O)C(C#N)=CC(C)C)c2)C(=O)NCc2ccccc2Cl)C(C)O)no1. The third-order valence-electron chi connectivity index (χ3n) is 6.85. The van der Waals surface area contributed by atoms with Crippen molar-refractivity contribution in [2.45, 2.75) is 58.8 Å². The lowest BCUT2D eigenvalue weighted by Crippen LogP contribution is -2.57. The van der Waals surface area contributed by atoms with Gasteiger partial charge in [0.1, 0.15) is 29.5 Å². The number of aliphatic hydroxyl groups is 1. The molecule has 0 spiro atoms. The van der Waals surface area contributed by atoms with Gasteiger partial charge in [0.05, 0.1) is 6.10 Å². The molecular weight excluding hydrogens is 612 g/mol. The predicted octanol–water partition coefficient (Wildman–Crippen LogP) is 3.23. The van der Waals surface area contributed by atoms with Gasteiger partial charge in [0.2, 0.25) is 11.8 Å². The number of benzene rings is 2. The van der Waals surface area contributed by atoms with Crippen LogP contribution in [0, 0.1) is 24.2 Å². The van der Waals surface area contributed by atoms with E-state index in [1.54, 1.807) is 61.5 Å². The van der Waals surface area contributed by atoms with E-state index in [0.29, 0.717) is 27.6 Å². The van der Waals surface area contributed by atoms with Gasteiger partial charge in [0, 0.05) is 36.8 Å². The maximum Gasteiger partial charge on any atom is 0.274 e. The number of nitrogens with zero attached hydrogens (tertiary/aromatic N) is 3. The molecule has 2 aromatic carbocycles. The second kappa shape index (κ2) is 16.4. The van der Waals surface area contributed by atoms with Crippen molar-refractivity contribution in [2.24, 2.45) is 5.92 Å². The summed E-state index contributed by atoms with van der Waals surface area (Å²) in [6.07, 6.45) is 0.227. The molecule has 12 nitrogen and oxygen atoms in total. The average Bonchev–Trinajstić information content (AvgIpc) is 3.46. The lowest BCUT2D eigenvalue weighted by Gasteiger charge is -2.25. The number of amides is 4. The van der Waals surface area contributed by atoms with Crippen LogP contribution >= 0.6 is 11.6 Å². The summed E-state index contributed by atoms with van der Waals surface area (Å²) in [6.45, 7) is 6.72. The molecular formula is C33H37ClN6O6. The van der Waals surface area contributed by atoms with Crippen LogP contribution in [0.5, 0.6) is 0 Å². The van der Waals surface area contributed by atoms with Gasteiger partial charge in [-0.1, -0.05) is 67.0 Å². The number of aryl methyl sites for hydroxylation is 1. The third-order valence-corrected chi connectivity index (χ3v) is 7.22. The van der Waals surface area contributed by atoms with Gasteiger partial charge in [0.15, 0.2) is 5.69 Å². The normalized spacial score (nSPS) is 13.2. The van der Waals surface area contributed by atoms with Crippen LogP contribution in [-0.2, 0) is 27.3 Å². The predicted molar refractivity (Wildman–Crippen MR) is 171 cm³/mol. The van der Waals surface area contributed by atoms with Gasteiger partial charge < -0.3 is 30.5 Å². The van der Waals surface area contributed by atoms with Crippen molar-refractivity contribution < 1.29 is 28.8 Å². The van der Waals surface area contributed by atoms with Gasteiger partial charge in [-0.15, -0.1) is 0 Å². The van der Waals surface area contributed by atoms with Crippen LogP contribution in [0.25, 0.3) is 0 Å². The number of allylic oxidation sites excluding steroid dienone is 1. The topological polar surface area (TPSA) is 178 Å². The van der Waals surface area contributed by atoms with Crippen LogP contribution in [0.4, 0.5) is 5.69 Å². The largest absolute Gasteiger partial charge is 0.391 e. The van der Waals surface area contributed by atoms with Gasteiger partial charge in [-0.05, 0) is 49.1 Å². The molecule has 3 atom stereocenters.